The van der Waals surface area contributed by atoms with Gasteiger partial charge in [0.15, 0.2) is 0 Å². The predicted molar refractivity (Wildman–Crippen MR) is 82.3 cm³/mol. The van der Waals surface area contributed by atoms with Crippen LogP contribution < -0.4 is 5.73 Å². The second kappa shape index (κ2) is 6.83. The summed E-state index contributed by atoms with van der Waals surface area (Å²) in [5.41, 5.74) is 9.48. The third-order valence-electron chi connectivity index (χ3n) is 2.67. The lowest BCUT2D eigenvalue weighted by atomic mass is 10.3. The van der Waals surface area contributed by atoms with Gasteiger partial charge in [-0.2, -0.15) is 0 Å². The van der Waals surface area contributed by atoms with Crippen molar-refractivity contribution in [3.05, 3.63) is 38.0 Å². The standard InChI is InChI=1S/C14H17N3S2/c1-11-14(19-10-16-11)8-17(2)7-13-6-12(9-18-13)4-3-5-15/h6,9-10H,5,7-8,15H2,1-2H3. The van der Waals surface area contributed by atoms with Crippen LogP contribution in [0.5, 0.6) is 0 Å². The van der Waals surface area contributed by atoms with Crippen molar-refractivity contribution in [2.24, 2.45) is 5.73 Å². The van der Waals surface area contributed by atoms with E-state index in [-0.39, 0.29) is 0 Å². The molecule has 19 heavy (non-hydrogen) atoms. The number of thiazole rings is 1. The van der Waals surface area contributed by atoms with Crippen LogP contribution in [-0.4, -0.2) is 23.5 Å². The molecule has 100 valence electrons. The topological polar surface area (TPSA) is 42.2 Å². The molecule has 0 aliphatic heterocycles. The minimum atomic E-state index is 0.412. The molecule has 2 aromatic heterocycles. The summed E-state index contributed by atoms with van der Waals surface area (Å²) in [5, 5.41) is 2.09. The summed E-state index contributed by atoms with van der Waals surface area (Å²) in [7, 11) is 2.13. The fraction of sp³-hybridized carbons (Fsp3) is 0.357. The van der Waals surface area contributed by atoms with E-state index in [1.165, 1.54) is 9.75 Å². The van der Waals surface area contributed by atoms with E-state index in [2.05, 4.69) is 47.1 Å². The zero-order chi connectivity index (χ0) is 13.7. The third-order valence-corrected chi connectivity index (χ3v) is 4.51. The Hall–Kier alpha value is -1.19. The molecular weight excluding hydrogens is 274 g/mol. The smallest absolute Gasteiger partial charge is 0.0798 e. The molecule has 0 saturated carbocycles. The molecule has 0 saturated heterocycles. The second-order valence-corrected chi connectivity index (χ2v) is 6.28. The van der Waals surface area contributed by atoms with Crippen molar-refractivity contribution in [1.82, 2.24) is 9.88 Å². The lowest BCUT2D eigenvalue weighted by Gasteiger charge is -2.14. The molecular formula is C14H17N3S2. The SMILES string of the molecule is Cc1ncsc1CN(C)Cc1cc(C#CCN)cs1. The van der Waals surface area contributed by atoms with Gasteiger partial charge in [-0.15, -0.1) is 22.7 Å². The van der Waals surface area contributed by atoms with Gasteiger partial charge < -0.3 is 5.73 Å². The molecule has 5 heteroatoms. The van der Waals surface area contributed by atoms with Gasteiger partial charge >= 0.3 is 0 Å². The first kappa shape index (κ1) is 14.2. The van der Waals surface area contributed by atoms with E-state index in [9.17, 15) is 0 Å². The van der Waals surface area contributed by atoms with Crippen molar-refractivity contribution in [2.45, 2.75) is 20.0 Å². The van der Waals surface area contributed by atoms with Crippen LogP contribution in [0.2, 0.25) is 0 Å². The van der Waals surface area contributed by atoms with Gasteiger partial charge in [0.1, 0.15) is 0 Å². The number of hydrogen-bond donors (Lipinski definition) is 1. The summed E-state index contributed by atoms with van der Waals surface area (Å²) < 4.78 is 0. The number of thiophene rings is 1. The molecule has 2 N–H and O–H groups in total. The minimum Gasteiger partial charge on any atom is -0.320 e. The highest BCUT2D eigenvalue weighted by Crippen LogP contribution is 2.19. The number of nitrogens with two attached hydrogens (primary N) is 1. The van der Waals surface area contributed by atoms with Gasteiger partial charge in [0.25, 0.3) is 0 Å². The van der Waals surface area contributed by atoms with Gasteiger partial charge in [-0.05, 0) is 20.0 Å². The van der Waals surface area contributed by atoms with Crippen LogP contribution in [0.15, 0.2) is 17.0 Å². The quantitative estimate of drug-likeness (QED) is 0.880. The van der Waals surface area contributed by atoms with E-state index in [1.54, 1.807) is 22.7 Å². The number of hydrogen-bond acceptors (Lipinski definition) is 5. The maximum Gasteiger partial charge on any atom is 0.0798 e. The first-order chi connectivity index (χ1) is 9.19. The van der Waals surface area contributed by atoms with Gasteiger partial charge in [-0.1, -0.05) is 11.8 Å². The van der Waals surface area contributed by atoms with Gasteiger partial charge in [0.2, 0.25) is 0 Å². The Morgan fingerprint density at radius 1 is 1.37 bits per heavy atom. The largest absolute Gasteiger partial charge is 0.320 e. The first-order valence-electron chi connectivity index (χ1n) is 6.03. The summed E-state index contributed by atoms with van der Waals surface area (Å²) in [4.78, 5) is 9.24. The normalized spacial score (nSPS) is 10.5. The van der Waals surface area contributed by atoms with Crippen LogP contribution >= 0.6 is 22.7 Å². The molecule has 0 atom stereocenters. The number of rotatable bonds is 4. The van der Waals surface area contributed by atoms with Crippen molar-refractivity contribution in [2.75, 3.05) is 13.6 Å². The van der Waals surface area contributed by atoms with Crippen molar-refractivity contribution < 1.29 is 0 Å². The fourth-order valence-corrected chi connectivity index (χ4v) is 3.48. The van der Waals surface area contributed by atoms with Crippen LogP contribution in [0.4, 0.5) is 0 Å². The number of aryl methyl sites for hydroxylation is 1. The minimum absolute atomic E-state index is 0.412. The Morgan fingerprint density at radius 2 is 2.21 bits per heavy atom. The highest BCUT2D eigenvalue weighted by Gasteiger charge is 2.07. The van der Waals surface area contributed by atoms with Crippen molar-refractivity contribution >= 4 is 22.7 Å². The molecule has 2 aromatic rings. The molecule has 2 rings (SSSR count). The van der Waals surface area contributed by atoms with Crippen molar-refractivity contribution in [3.63, 3.8) is 0 Å². The third kappa shape index (κ3) is 4.15. The van der Waals surface area contributed by atoms with E-state index in [4.69, 9.17) is 5.73 Å². The Balaban J connectivity index is 1.93. The van der Waals surface area contributed by atoms with Crippen LogP contribution in [0.1, 0.15) is 21.0 Å². The Morgan fingerprint density at radius 3 is 2.89 bits per heavy atom. The molecule has 0 amide bonds. The van der Waals surface area contributed by atoms with Crippen LogP contribution in [0.3, 0.4) is 0 Å². The van der Waals surface area contributed by atoms with Gasteiger partial charge in [-0.3, -0.25) is 4.90 Å². The van der Waals surface area contributed by atoms with Gasteiger partial charge in [0.05, 0.1) is 17.7 Å². The Bertz CT molecular complexity index is 589. The zero-order valence-corrected chi connectivity index (χ0v) is 12.8. The zero-order valence-electron chi connectivity index (χ0n) is 11.1. The molecule has 0 radical (unpaired) electrons. The summed E-state index contributed by atoms with van der Waals surface area (Å²) in [6, 6.07) is 2.14. The fourth-order valence-electron chi connectivity index (χ4n) is 1.73. The molecule has 2 heterocycles. The molecule has 0 spiro atoms. The van der Waals surface area contributed by atoms with Gasteiger partial charge in [-0.25, -0.2) is 4.98 Å². The monoisotopic (exact) mass is 291 g/mol. The van der Waals surface area contributed by atoms with E-state index in [0.29, 0.717) is 6.54 Å². The molecule has 0 aliphatic rings. The summed E-state index contributed by atoms with van der Waals surface area (Å²) >= 11 is 3.47. The second-order valence-electron chi connectivity index (χ2n) is 4.34. The van der Waals surface area contributed by atoms with Crippen molar-refractivity contribution in [3.8, 4) is 11.8 Å². The average Bonchev–Trinajstić information content (AvgIpc) is 2.97. The molecule has 0 aromatic carbocycles. The van der Waals surface area contributed by atoms with E-state index in [0.717, 1.165) is 24.3 Å². The maximum absolute atomic E-state index is 5.37. The molecule has 3 nitrogen and oxygen atoms in total. The summed E-state index contributed by atoms with van der Waals surface area (Å²) in [6.45, 7) is 4.35. The first-order valence-corrected chi connectivity index (χ1v) is 7.79. The van der Waals surface area contributed by atoms with Crippen LogP contribution in [-0.2, 0) is 13.1 Å². The maximum atomic E-state index is 5.37. The van der Waals surface area contributed by atoms with E-state index in [1.807, 2.05) is 5.51 Å². The molecule has 0 aliphatic carbocycles. The van der Waals surface area contributed by atoms with Crippen molar-refractivity contribution in [1.29, 1.82) is 0 Å². The molecule has 0 unspecified atom stereocenters. The highest BCUT2D eigenvalue weighted by molar-refractivity contribution is 7.10. The predicted octanol–water partition coefficient (Wildman–Crippen LogP) is 2.46. The van der Waals surface area contributed by atoms with Crippen LogP contribution in [0.25, 0.3) is 0 Å². The van der Waals surface area contributed by atoms with Gasteiger partial charge in [0, 0.05) is 33.8 Å². The lowest BCUT2D eigenvalue weighted by molar-refractivity contribution is 0.324. The average molecular weight is 291 g/mol. The summed E-state index contributed by atoms with van der Waals surface area (Å²) in [6.07, 6.45) is 0. The van der Waals surface area contributed by atoms with Crippen LogP contribution in [0, 0.1) is 18.8 Å². The Kier molecular flexibility index (Phi) is 5.11. The molecule has 0 bridgehead atoms. The van der Waals surface area contributed by atoms with E-state index < -0.39 is 0 Å². The molecule has 0 fully saturated rings. The number of aromatic nitrogens is 1. The Labute approximate surface area is 122 Å². The summed E-state index contributed by atoms with van der Waals surface area (Å²) in [5.74, 6) is 5.94. The highest BCUT2D eigenvalue weighted by atomic mass is 32.1. The number of nitrogens with zero attached hydrogens (tertiary/aromatic N) is 2. The lowest BCUT2D eigenvalue weighted by Crippen LogP contribution is -2.16. The van der Waals surface area contributed by atoms with E-state index >= 15 is 0 Å².